The zero-order chi connectivity index (χ0) is 22.1. The Morgan fingerprint density at radius 3 is 2.81 bits per heavy atom. The molecule has 2 bridgehead atoms. The van der Waals surface area contributed by atoms with Crippen LogP contribution in [0, 0.1) is 11.8 Å². The van der Waals surface area contributed by atoms with Gasteiger partial charge < -0.3 is 15.0 Å². The Morgan fingerprint density at radius 2 is 2.00 bits per heavy atom. The molecule has 3 fully saturated rings. The first-order valence-corrected chi connectivity index (χ1v) is 12.3. The van der Waals surface area contributed by atoms with Gasteiger partial charge in [-0.1, -0.05) is 48.4 Å². The van der Waals surface area contributed by atoms with Crippen LogP contribution in [0.4, 0.5) is 4.79 Å². The molecule has 5 rings (SSSR count). The van der Waals surface area contributed by atoms with Crippen LogP contribution in [0.15, 0.2) is 42.0 Å². The minimum Gasteiger partial charge on any atom is -0.467 e. The summed E-state index contributed by atoms with van der Waals surface area (Å²) < 4.78 is 5.01. The number of carbonyl (C=O) groups excluding carboxylic acids is 2. The first kappa shape index (κ1) is 21.5. The van der Waals surface area contributed by atoms with E-state index < -0.39 is 12.0 Å². The number of ether oxygens (including phenoxy) is 1. The van der Waals surface area contributed by atoms with Crippen LogP contribution in [0.1, 0.15) is 44.1 Å². The summed E-state index contributed by atoms with van der Waals surface area (Å²) in [5.41, 5.74) is 2.46. The lowest BCUT2D eigenvalue weighted by Crippen LogP contribution is -2.62. The van der Waals surface area contributed by atoms with Gasteiger partial charge in [-0.2, -0.15) is 0 Å². The third kappa shape index (κ3) is 4.17. The number of hydrogen-bond donors (Lipinski definition) is 1. The van der Waals surface area contributed by atoms with Crippen LogP contribution < -0.4 is 5.32 Å². The number of carbonyl (C=O) groups is 2. The topological polar surface area (TPSA) is 61.9 Å². The molecule has 0 radical (unpaired) electrons. The molecule has 1 N–H and O–H groups in total. The molecule has 3 heterocycles. The van der Waals surface area contributed by atoms with Crippen LogP contribution in [0.25, 0.3) is 0 Å². The number of methoxy groups -OCH3 is 1. The van der Waals surface area contributed by atoms with Crippen molar-refractivity contribution in [3.63, 3.8) is 0 Å². The highest BCUT2D eigenvalue weighted by Gasteiger charge is 2.47. The maximum Gasteiger partial charge on any atom is 0.328 e. The molecule has 32 heavy (non-hydrogen) atoms. The van der Waals surface area contributed by atoms with E-state index in [4.69, 9.17) is 4.74 Å². The Bertz CT molecular complexity index is 870. The van der Waals surface area contributed by atoms with Crippen LogP contribution in [-0.2, 0) is 16.0 Å². The average Bonchev–Trinajstić information content (AvgIpc) is 2.83. The normalized spacial score (nSPS) is 30.4. The van der Waals surface area contributed by atoms with Crippen LogP contribution in [0.2, 0.25) is 0 Å². The Labute approximate surface area is 191 Å². The third-order valence-electron chi connectivity index (χ3n) is 7.98. The number of esters is 1. The molecule has 4 aliphatic rings. The fraction of sp³-hybridized carbons (Fsp3) is 0.615. The van der Waals surface area contributed by atoms with E-state index in [2.05, 4.69) is 16.3 Å². The Morgan fingerprint density at radius 1 is 1.16 bits per heavy atom. The number of piperidine rings is 3. The van der Waals surface area contributed by atoms with E-state index >= 15 is 0 Å². The summed E-state index contributed by atoms with van der Waals surface area (Å²) in [5, 5.41) is 3.02. The second-order valence-corrected chi connectivity index (χ2v) is 9.92. The fourth-order valence-electron chi connectivity index (χ4n) is 6.62. The molecule has 1 aromatic rings. The highest BCUT2D eigenvalue weighted by molar-refractivity contribution is 5.84. The summed E-state index contributed by atoms with van der Waals surface area (Å²) >= 11 is 0. The fourth-order valence-corrected chi connectivity index (χ4v) is 6.62. The van der Waals surface area contributed by atoms with E-state index in [0.29, 0.717) is 24.3 Å². The first-order valence-electron chi connectivity index (χ1n) is 12.3. The lowest BCUT2D eigenvalue weighted by atomic mass is 9.68. The molecular formula is C26H35N3O3. The minimum atomic E-state index is -0.682. The van der Waals surface area contributed by atoms with E-state index in [1.54, 1.807) is 0 Å². The molecule has 0 unspecified atom stereocenters. The Kier molecular flexibility index (Phi) is 6.22. The standard InChI is InChI=1S/C26H35N3O3/c1-32-25(30)22(14-18-8-3-2-4-9-18)27-26(31)29-13-7-10-19-15-20-16-21(24(19)29)17-28-12-6-5-11-23(20)28/h2-4,8-9,15,20-24H,5-7,10-14,16-17H2,1H3,(H,27,31)/t20-,21+,22+,23+,24+/m0/s1. The lowest BCUT2D eigenvalue weighted by molar-refractivity contribution is -0.142. The molecule has 2 amide bonds. The molecule has 172 valence electrons. The molecular weight excluding hydrogens is 402 g/mol. The highest BCUT2D eigenvalue weighted by atomic mass is 16.5. The molecule has 5 atom stereocenters. The molecule has 6 nitrogen and oxygen atoms in total. The van der Waals surface area contributed by atoms with Gasteiger partial charge in [0.15, 0.2) is 0 Å². The molecule has 3 aliphatic heterocycles. The Balaban J connectivity index is 1.34. The zero-order valence-electron chi connectivity index (χ0n) is 19.0. The maximum absolute atomic E-state index is 13.5. The quantitative estimate of drug-likeness (QED) is 0.580. The zero-order valence-corrected chi connectivity index (χ0v) is 19.0. The summed E-state index contributed by atoms with van der Waals surface area (Å²) in [5.74, 6) is 0.739. The van der Waals surface area contributed by atoms with Gasteiger partial charge in [-0.15, -0.1) is 0 Å². The predicted molar refractivity (Wildman–Crippen MR) is 123 cm³/mol. The molecule has 0 saturated carbocycles. The molecule has 0 aromatic heterocycles. The largest absolute Gasteiger partial charge is 0.467 e. The molecule has 1 aromatic carbocycles. The summed E-state index contributed by atoms with van der Waals surface area (Å²) in [4.78, 5) is 30.7. The number of fused-ring (bicyclic) bond motifs is 6. The number of hydrogen-bond acceptors (Lipinski definition) is 4. The first-order chi connectivity index (χ1) is 15.6. The summed E-state index contributed by atoms with van der Waals surface area (Å²) in [6, 6.07) is 9.84. The number of amides is 2. The van der Waals surface area contributed by atoms with E-state index in [0.717, 1.165) is 31.5 Å². The second kappa shape index (κ2) is 9.26. The van der Waals surface area contributed by atoms with E-state index in [1.165, 1.54) is 44.9 Å². The monoisotopic (exact) mass is 437 g/mol. The van der Waals surface area contributed by atoms with Crippen molar-refractivity contribution in [2.45, 2.75) is 63.1 Å². The van der Waals surface area contributed by atoms with Crippen LogP contribution >= 0.6 is 0 Å². The molecule has 0 spiro atoms. The smallest absolute Gasteiger partial charge is 0.328 e. The summed E-state index contributed by atoms with van der Waals surface area (Å²) in [7, 11) is 1.38. The van der Waals surface area contributed by atoms with Crippen LogP contribution in [0.3, 0.4) is 0 Å². The number of nitrogens with zero attached hydrogens (tertiary/aromatic N) is 2. The van der Waals surface area contributed by atoms with Crippen molar-refractivity contribution in [2.75, 3.05) is 26.7 Å². The van der Waals surface area contributed by atoms with Crippen molar-refractivity contribution < 1.29 is 14.3 Å². The maximum atomic E-state index is 13.5. The van der Waals surface area contributed by atoms with Gasteiger partial charge in [0.25, 0.3) is 0 Å². The number of urea groups is 1. The van der Waals surface area contributed by atoms with E-state index in [-0.39, 0.29) is 12.1 Å². The average molecular weight is 438 g/mol. The summed E-state index contributed by atoms with van der Waals surface area (Å²) in [6.07, 6.45) is 10.2. The molecule has 6 heteroatoms. The van der Waals surface area contributed by atoms with Crippen molar-refractivity contribution in [1.82, 2.24) is 15.1 Å². The summed E-state index contributed by atoms with van der Waals surface area (Å²) in [6.45, 7) is 3.04. The predicted octanol–water partition coefficient (Wildman–Crippen LogP) is 3.38. The second-order valence-electron chi connectivity index (χ2n) is 9.92. The minimum absolute atomic E-state index is 0.133. The highest BCUT2D eigenvalue weighted by Crippen LogP contribution is 2.45. The van der Waals surface area contributed by atoms with Crippen molar-refractivity contribution in [3.8, 4) is 0 Å². The third-order valence-corrected chi connectivity index (χ3v) is 7.98. The number of benzene rings is 1. The van der Waals surface area contributed by atoms with Crippen molar-refractivity contribution in [2.24, 2.45) is 11.8 Å². The van der Waals surface area contributed by atoms with Crippen molar-refractivity contribution >= 4 is 12.0 Å². The van der Waals surface area contributed by atoms with Crippen molar-refractivity contribution in [1.29, 1.82) is 0 Å². The lowest BCUT2D eigenvalue weighted by Gasteiger charge is -2.54. The van der Waals surface area contributed by atoms with Crippen LogP contribution in [0.5, 0.6) is 0 Å². The van der Waals surface area contributed by atoms with Gasteiger partial charge in [0.2, 0.25) is 0 Å². The van der Waals surface area contributed by atoms with Gasteiger partial charge in [0, 0.05) is 25.6 Å². The van der Waals surface area contributed by atoms with Gasteiger partial charge in [0.05, 0.1) is 13.2 Å². The van der Waals surface area contributed by atoms with E-state index in [9.17, 15) is 9.59 Å². The number of nitrogens with one attached hydrogen (secondary N) is 1. The Hall–Kier alpha value is -2.34. The van der Waals surface area contributed by atoms with Crippen LogP contribution in [-0.4, -0.2) is 66.7 Å². The molecule has 1 aliphatic carbocycles. The van der Waals surface area contributed by atoms with Gasteiger partial charge in [-0.05, 0) is 56.0 Å². The van der Waals surface area contributed by atoms with Gasteiger partial charge >= 0.3 is 12.0 Å². The van der Waals surface area contributed by atoms with Crippen molar-refractivity contribution in [3.05, 3.63) is 47.5 Å². The SMILES string of the molecule is COC(=O)[C@@H](Cc1ccccc1)NC(=O)N1CCCC2=C[C@H]3C[C@H](CN4CCCC[C@H]34)[C@@H]21. The molecule has 3 saturated heterocycles. The van der Waals surface area contributed by atoms with Gasteiger partial charge in [0.1, 0.15) is 6.04 Å². The van der Waals surface area contributed by atoms with E-state index in [1.807, 2.05) is 35.2 Å². The van der Waals surface area contributed by atoms with Gasteiger partial charge in [-0.3, -0.25) is 4.90 Å². The number of rotatable bonds is 4. The van der Waals surface area contributed by atoms with Gasteiger partial charge in [-0.25, -0.2) is 9.59 Å². The number of likely N-dealkylation sites (tertiary alicyclic amines) is 1.